The zero-order valence-corrected chi connectivity index (χ0v) is 11.8. The molecular weight excluding hydrogens is 252 g/mol. The molecule has 1 spiro atoms. The molecule has 0 aromatic heterocycles. The summed E-state index contributed by atoms with van der Waals surface area (Å²) in [6.07, 6.45) is 2.27. The smallest absolute Gasteiger partial charge is 0.0295 e. The third kappa shape index (κ3) is 1.35. The second-order valence-corrected chi connectivity index (χ2v) is 6.30. The van der Waals surface area contributed by atoms with E-state index in [0.29, 0.717) is 0 Å². The monoisotopic (exact) mass is 268 g/mol. The molecule has 0 saturated heterocycles. The lowest BCUT2D eigenvalue weighted by molar-refractivity contribution is 0.563. The van der Waals surface area contributed by atoms with E-state index in [2.05, 4.69) is 72.8 Å². The Morgan fingerprint density at radius 2 is 0.952 bits per heavy atom. The number of hydrogen-bond donors (Lipinski definition) is 0. The van der Waals surface area contributed by atoms with Gasteiger partial charge in [0.2, 0.25) is 0 Å². The van der Waals surface area contributed by atoms with Crippen molar-refractivity contribution in [1.29, 1.82) is 0 Å². The molecule has 0 heterocycles. The maximum Gasteiger partial charge on any atom is 0.0295 e. The van der Waals surface area contributed by atoms with E-state index in [4.69, 9.17) is 0 Å². The molecule has 0 atom stereocenters. The molecule has 100 valence electrons. The molecule has 3 aromatic rings. The van der Waals surface area contributed by atoms with Gasteiger partial charge < -0.3 is 0 Å². The van der Waals surface area contributed by atoms with E-state index >= 15 is 0 Å². The molecule has 0 aliphatic heterocycles. The lowest BCUT2D eigenvalue weighted by Crippen LogP contribution is -2.25. The Morgan fingerprint density at radius 3 is 1.48 bits per heavy atom. The number of rotatable bonds is 0. The van der Waals surface area contributed by atoms with Gasteiger partial charge in [-0.25, -0.2) is 0 Å². The Hall–Kier alpha value is -2.34. The average molecular weight is 268 g/mol. The minimum Gasteiger partial charge on any atom is -0.0620 e. The van der Waals surface area contributed by atoms with Crippen LogP contribution in [0.25, 0.3) is 11.1 Å². The van der Waals surface area contributed by atoms with Crippen molar-refractivity contribution in [3.63, 3.8) is 0 Å². The molecule has 0 bridgehead atoms. The second-order valence-electron chi connectivity index (χ2n) is 6.30. The van der Waals surface area contributed by atoms with E-state index in [1.807, 2.05) is 0 Å². The molecule has 2 aliphatic rings. The highest BCUT2D eigenvalue weighted by atomic mass is 14.5. The third-order valence-corrected chi connectivity index (χ3v) is 5.28. The van der Waals surface area contributed by atoms with Gasteiger partial charge in [0.25, 0.3) is 0 Å². The lowest BCUT2D eigenvalue weighted by atomic mass is 9.76. The van der Waals surface area contributed by atoms with Crippen LogP contribution < -0.4 is 0 Å². The van der Waals surface area contributed by atoms with E-state index in [-0.39, 0.29) is 5.41 Å². The van der Waals surface area contributed by atoms with Crippen LogP contribution in [0, 0.1) is 0 Å². The third-order valence-electron chi connectivity index (χ3n) is 5.28. The number of fused-ring (bicyclic) bond motifs is 6. The quantitative estimate of drug-likeness (QED) is 0.552. The van der Waals surface area contributed by atoms with Crippen LogP contribution in [-0.2, 0) is 18.3 Å². The Labute approximate surface area is 125 Å². The zero-order chi connectivity index (χ0) is 13.9. The van der Waals surface area contributed by atoms with Crippen LogP contribution in [0.5, 0.6) is 0 Å². The summed E-state index contributed by atoms with van der Waals surface area (Å²) in [6.45, 7) is 0. The predicted octanol–water partition coefficient (Wildman–Crippen LogP) is 4.75. The fraction of sp³-hybridized carbons (Fsp3) is 0.143. The minimum atomic E-state index is 0.164. The van der Waals surface area contributed by atoms with E-state index in [1.165, 1.54) is 33.4 Å². The van der Waals surface area contributed by atoms with Crippen LogP contribution in [-0.4, -0.2) is 0 Å². The van der Waals surface area contributed by atoms with E-state index in [0.717, 1.165) is 12.8 Å². The van der Waals surface area contributed by atoms with Crippen LogP contribution in [0.15, 0.2) is 72.8 Å². The van der Waals surface area contributed by atoms with Gasteiger partial charge in [0.15, 0.2) is 0 Å². The molecule has 21 heavy (non-hydrogen) atoms. The molecule has 2 aliphatic carbocycles. The molecular formula is C21H16. The molecule has 0 amide bonds. The number of benzene rings is 3. The summed E-state index contributed by atoms with van der Waals surface area (Å²) in [5, 5.41) is 0. The van der Waals surface area contributed by atoms with Crippen molar-refractivity contribution in [2.75, 3.05) is 0 Å². The first-order valence-electron chi connectivity index (χ1n) is 7.65. The molecule has 0 saturated carbocycles. The Balaban J connectivity index is 1.82. The highest BCUT2D eigenvalue weighted by Crippen LogP contribution is 2.54. The zero-order valence-electron chi connectivity index (χ0n) is 11.8. The van der Waals surface area contributed by atoms with Crippen molar-refractivity contribution < 1.29 is 0 Å². The molecule has 0 unspecified atom stereocenters. The summed E-state index contributed by atoms with van der Waals surface area (Å²) in [5.41, 5.74) is 9.09. The summed E-state index contributed by atoms with van der Waals surface area (Å²) < 4.78 is 0. The van der Waals surface area contributed by atoms with E-state index in [1.54, 1.807) is 0 Å². The van der Waals surface area contributed by atoms with Gasteiger partial charge in [-0.15, -0.1) is 0 Å². The SMILES string of the molecule is c1ccc2c(c1)CC1(C2)c2ccccc2-c2ccccc21. The van der Waals surface area contributed by atoms with Gasteiger partial charge in [-0.2, -0.15) is 0 Å². The Morgan fingerprint density at radius 1 is 0.524 bits per heavy atom. The Kier molecular flexibility index (Phi) is 2.08. The summed E-state index contributed by atoms with van der Waals surface area (Å²) in [5.74, 6) is 0. The molecule has 0 fully saturated rings. The van der Waals surface area contributed by atoms with Gasteiger partial charge in [-0.1, -0.05) is 72.8 Å². The van der Waals surface area contributed by atoms with Crippen LogP contribution in [0.4, 0.5) is 0 Å². The maximum absolute atomic E-state index is 2.33. The van der Waals surface area contributed by atoms with Crippen molar-refractivity contribution in [1.82, 2.24) is 0 Å². The van der Waals surface area contributed by atoms with Gasteiger partial charge in [-0.05, 0) is 46.2 Å². The highest BCUT2D eigenvalue weighted by Gasteiger charge is 2.46. The van der Waals surface area contributed by atoms with E-state index in [9.17, 15) is 0 Å². The van der Waals surface area contributed by atoms with Crippen molar-refractivity contribution in [2.45, 2.75) is 18.3 Å². The summed E-state index contributed by atoms with van der Waals surface area (Å²) in [7, 11) is 0. The molecule has 0 radical (unpaired) electrons. The van der Waals surface area contributed by atoms with Crippen LogP contribution in [0.1, 0.15) is 22.3 Å². The molecule has 0 heteroatoms. The molecule has 0 N–H and O–H groups in total. The van der Waals surface area contributed by atoms with Gasteiger partial charge in [-0.3, -0.25) is 0 Å². The first-order chi connectivity index (χ1) is 10.4. The topological polar surface area (TPSA) is 0 Å². The summed E-state index contributed by atoms with van der Waals surface area (Å²) >= 11 is 0. The fourth-order valence-corrected chi connectivity index (χ4v) is 4.41. The van der Waals surface area contributed by atoms with Gasteiger partial charge in [0.1, 0.15) is 0 Å². The molecule has 3 aromatic carbocycles. The standard InChI is InChI=1S/C21H16/c1-2-8-16-14-21(13-15(16)7-1)19-11-5-3-9-17(19)18-10-4-6-12-20(18)21/h1-12H,13-14H2. The van der Waals surface area contributed by atoms with Crippen molar-refractivity contribution in [2.24, 2.45) is 0 Å². The average Bonchev–Trinajstić information content (AvgIpc) is 3.06. The van der Waals surface area contributed by atoms with Crippen molar-refractivity contribution in [3.05, 3.63) is 95.1 Å². The fourth-order valence-electron chi connectivity index (χ4n) is 4.41. The van der Waals surface area contributed by atoms with Crippen LogP contribution in [0.2, 0.25) is 0 Å². The lowest BCUT2D eigenvalue weighted by Gasteiger charge is -2.26. The summed E-state index contributed by atoms with van der Waals surface area (Å²) in [4.78, 5) is 0. The number of hydrogen-bond acceptors (Lipinski definition) is 0. The Bertz CT molecular complexity index is 785. The van der Waals surface area contributed by atoms with Crippen molar-refractivity contribution in [3.8, 4) is 11.1 Å². The summed E-state index contributed by atoms with van der Waals surface area (Å²) in [6, 6.07) is 26.9. The van der Waals surface area contributed by atoms with Crippen LogP contribution >= 0.6 is 0 Å². The maximum atomic E-state index is 2.33. The van der Waals surface area contributed by atoms with Crippen molar-refractivity contribution >= 4 is 0 Å². The predicted molar refractivity (Wildman–Crippen MR) is 86.5 cm³/mol. The highest BCUT2D eigenvalue weighted by molar-refractivity contribution is 5.82. The largest absolute Gasteiger partial charge is 0.0620 e. The van der Waals surface area contributed by atoms with Crippen LogP contribution in [0.3, 0.4) is 0 Å². The molecule has 5 rings (SSSR count). The minimum absolute atomic E-state index is 0.164. The first kappa shape index (κ1) is 11.3. The molecule has 0 nitrogen and oxygen atoms in total. The normalized spacial score (nSPS) is 16.6. The van der Waals surface area contributed by atoms with E-state index < -0.39 is 0 Å². The second kappa shape index (κ2) is 3.85. The van der Waals surface area contributed by atoms with Gasteiger partial charge >= 0.3 is 0 Å². The van der Waals surface area contributed by atoms with Gasteiger partial charge in [0.05, 0.1) is 0 Å². The van der Waals surface area contributed by atoms with Gasteiger partial charge in [0, 0.05) is 5.41 Å². The first-order valence-corrected chi connectivity index (χ1v) is 7.65.